The molecular weight excluding hydrogens is 166 g/mol. The van der Waals surface area contributed by atoms with E-state index in [4.69, 9.17) is 5.73 Å². The van der Waals surface area contributed by atoms with Crippen LogP contribution in [0.15, 0.2) is 36.5 Å². The van der Waals surface area contributed by atoms with Crippen molar-refractivity contribution in [1.82, 2.24) is 9.78 Å². The van der Waals surface area contributed by atoms with Gasteiger partial charge in [0, 0.05) is 12.3 Å². The molecule has 0 saturated carbocycles. The van der Waals surface area contributed by atoms with Crippen LogP contribution in [0.4, 0.5) is 5.82 Å². The summed E-state index contributed by atoms with van der Waals surface area (Å²) >= 11 is 0. The van der Waals surface area contributed by atoms with Gasteiger partial charge in [-0.3, -0.25) is 0 Å². The molecule has 13 heavy (non-hydrogen) atoms. The van der Waals surface area contributed by atoms with Crippen molar-refractivity contribution in [2.45, 2.75) is 0 Å². The van der Waals surface area contributed by atoms with Crippen molar-refractivity contribution in [1.29, 1.82) is 0 Å². The van der Waals surface area contributed by atoms with Crippen LogP contribution in [0, 0.1) is 0 Å². The smallest absolute Gasteiger partial charge is 0.145 e. The average Bonchev–Trinajstić information content (AvgIpc) is 2.53. The standard InChI is InChI=1S/C9H9N3O/c10-9-5-6-12(11-9)7-3-1-2-4-8(7)13/h1-6,13H,(H2,10,11). The predicted octanol–water partition coefficient (Wildman–Crippen LogP) is 1.16. The number of phenols is 1. The van der Waals surface area contributed by atoms with Gasteiger partial charge in [0.1, 0.15) is 17.3 Å². The Hall–Kier alpha value is -1.97. The quantitative estimate of drug-likeness (QED) is 0.683. The summed E-state index contributed by atoms with van der Waals surface area (Å²) < 4.78 is 1.53. The zero-order chi connectivity index (χ0) is 9.26. The van der Waals surface area contributed by atoms with Gasteiger partial charge >= 0.3 is 0 Å². The highest BCUT2D eigenvalue weighted by molar-refractivity contribution is 5.45. The molecule has 0 aliphatic heterocycles. The first-order valence-electron chi connectivity index (χ1n) is 3.87. The van der Waals surface area contributed by atoms with Gasteiger partial charge in [-0.1, -0.05) is 12.1 Å². The number of nitrogens with two attached hydrogens (primary N) is 1. The Labute approximate surface area is 75.2 Å². The van der Waals surface area contributed by atoms with E-state index in [1.807, 2.05) is 6.07 Å². The van der Waals surface area contributed by atoms with Gasteiger partial charge in [-0.05, 0) is 12.1 Å². The third kappa shape index (κ3) is 1.33. The highest BCUT2D eigenvalue weighted by Crippen LogP contribution is 2.19. The van der Waals surface area contributed by atoms with E-state index in [0.29, 0.717) is 11.5 Å². The minimum Gasteiger partial charge on any atom is -0.506 e. The molecule has 0 aliphatic rings. The first-order valence-corrected chi connectivity index (χ1v) is 3.87. The maximum atomic E-state index is 9.47. The zero-order valence-electron chi connectivity index (χ0n) is 6.88. The Kier molecular flexibility index (Phi) is 1.66. The van der Waals surface area contributed by atoms with Crippen LogP contribution in [-0.2, 0) is 0 Å². The molecular formula is C9H9N3O. The molecule has 0 radical (unpaired) electrons. The Bertz CT molecular complexity index is 422. The number of nitrogens with zero attached hydrogens (tertiary/aromatic N) is 2. The SMILES string of the molecule is Nc1ccn(-c2ccccc2O)n1. The second-order valence-corrected chi connectivity index (χ2v) is 2.67. The van der Waals surface area contributed by atoms with Gasteiger partial charge in [0.15, 0.2) is 0 Å². The number of aromatic nitrogens is 2. The highest BCUT2D eigenvalue weighted by atomic mass is 16.3. The van der Waals surface area contributed by atoms with Crippen LogP contribution >= 0.6 is 0 Å². The maximum Gasteiger partial charge on any atom is 0.145 e. The topological polar surface area (TPSA) is 64.1 Å². The molecule has 0 aliphatic carbocycles. The molecule has 0 saturated heterocycles. The molecule has 1 aromatic carbocycles. The summed E-state index contributed by atoms with van der Waals surface area (Å²) in [6.07, 6.45) is 1.70. The number of para-hydroxylation sites is 2. The van der Waals surface area contributed by atoms with E-state index >= 15 is 0 Å². The molecule has 4 nitrogen and oxygen atoms in total. The van der Waals surface area contributed by atoms with Crippen LogP contribution in [0.3, 0.4) is 0 Å². The first-order chi connectivity index (χ1) is 6.27. The molecule has 2 rings (SSSR count). The van der Waals surface area contributed by atoms with Crippen molar-refractivity contribution < 1.29 is 5.11 Å². The molecule has 3 N–H and O–H groups in total. The predicted molar refractivity (Wildman–Crippen MR) is 49.6 cm³/mol. The number of phenolic OH excluding ortho intramolecular Hbond substituents is 1. The Morgan fingerprint density at radius 1 is 1.23 bits per heavy atom. The molecule has 1 heterocycles. The molecule has 4 heteroatoms. The van der Waals surface area contributed by atoms with Gasteiger partial charge < -0.3 is 10.8 Å². The van der Waals surface area contributed by atoms with Gasteiger partial charge in [0.05, 0.1) is 0 Å². The van der Waals surface area contributed by atoms with E-state index in [9.17, 15) is 5.11 Å². The normalized spacial score (nSPS) is 10.2. The van der Waals surface area contributed by atoms with Crippen LogP contribution in [0.2, 0.25) is 0 Å². The lowest BCUT2D eigenvalue weighted by atomic mass is 10.3. The number of nitrogen functional groups attached to an aromatic ring is 1. The largest absolute Gasteiger partial charge is 0.506 e. The monoisotopic (exact) mass is 175 g/mol. The van der Waals surface area contributed by atoms with Crippen LogP contribution in [0.1, 0.15) is 0 Å². The van der Waals surface area contributed by atoms with Crippen molar-refractivity contribution in [2.24, 2.45) is 0 Å². The summed E-state index contributed by atoms with van der Waals surface area (Å²) in [6, 6.07) is 8.63. The summed E-state index contributed by atoms with van der Waals surface area (Å²) in [5.41, 5.74) is 6.08. The molecule has 1 aromatic heterocycles. The summed E-state index contributed by atoms with van der Waals surface area (Å²) in [7, 11) is 0. The van der Waals surface area contributed by atoms with Crippen LogP contribution in [-0.4, -0.2) is 14.9 Å². The average molecular weight is 175 g/mol. The second kappa shape index (κ2) is 2.82. The molecule has 0 spiro atoms. The van der Waals surface area contributed by atoms with Gasteiger partial charge in [-0.25, -0.2) is 4.68 Å². The summed E-state index contributed by atoms with van der Waals surface area (Å²) in [6.45, 7) is 0. The second-order valence-electron chi connectivity index (χ2n) is 2.67. The fourth-order valence-electron chi connectivity index (χ4n) is 1.13. The molecule has 66 valence electrons. The molecule has 0 amide bonds. The summed E-state index contributed by atoms with van der Waals surface area (Å²) in [5, 5.41) is 13.4. The Balaban J connectivity index is 2.52. The Morgan fingerprint density at radius 3 is 2.62 bits per heavy atom. The summed E-state index contributed by atoms with van der Waals surface area (Å²) in [4.78, 5) is 0. The first kappa shape index (κ1) is 7.67. The number of benzene rings is 1. The number of aromatic hydroxyl groups is 1. The van der Waals surface area contributed by atoms with Crippen molar-refractivity contribution in [3.63, 3.8) is 0 Å². The molecule has 2 aromatic rings. The lowest BCUT2D eigenvalue weighted by molar-refractivity contribution is 0.470. The fourth-order valence-corrected chi connectivity index (χ4v) is 1.13. The van der Waals surface area contributed by atoms with Gasteiger partial charge in [-0.15, -0.1) is 0 Å². The molecule has 0 unspecified atom stereocenters. The lowest BCUT2D eigenvalue weighted by Crippen LogP contribution is -1.96. The number of hydrogen-bond donors (Lipinski definition) is 2. The zero-order valence-corrected chi connectivity index (χ0v) is 6.88. The molecule has 0 atom stereocenters. The minimum absolute atomic E-state index is 0.186. The van der Waals surface area contributed by atoms with E-state index in [0.717, 1.165) is 0 Å². The van der Waals surface area contributed by atoms with E-state index in [-0.39, 0.29) is 5.75 Å². The number of hydrogen-bond acceptors (Lipinski definition) is 3. The van der Waals surface area contributed by atoms with E-state index < -0.39 is 0 Å². The summed E-state index contributed by atoms with van der Waals surface area (Å²) in [5.74, 6) is 0.619. The Morgan fingerprint density at radius 2 is 2.00 bits per heavy atom. The van der Waals surface area contributed by atoms with Crippen LogP contribution in [0.5, 0.6) is 5.75 Å². The lowest BCUT2D eigenvalue weighted by Gasteiger charge is -2.02. The van der Waals surface area contributed by atoms with E-state index in [2.05, 4.69) is 5.10 Å². The third-order valence-electron chi connectivity index (χ3n) is 1.74. The van der Waals surface area contributed by atoms with Gasteiger partial charge in [0.2, 0.25) is 0 Å². The van der Waals surface area contributed by atoms with Crippen LogP contribution < -0.4 is 5.73 Å². The highest BCUT2D eigenvalue weighted by Gasteiger charge is 2.02. The van der Waals surface area contributed by atoms with Crippen molar-refractivity contribution in [2.75, 3.05) is 5.73 Å². The molecule has 0 fully saturated rings. The van der Waals surface area contributed by atoms with Gasteiger partial charge in [-0.2, -0.15) is 5.10 Å². The fraction of sp³-hybridized carbons (Fsp3) is 0. The number of anilines is 1. The van der Waals surface area contributed by atoms with Crippen LogP contribution in [0.25, 0.3) is 5.69 Å². The maximum absolute atomic E-state index is 9.47. The van der Waals surface area contributed by atoms with E-state index in [1.54, 1.807) is 30.5 Å². The van der Waals surface area contributed by atoms with Gasteiger partial charge in [0.25, 0.3) is 0 Å². The van der Waals surface area contributed by atoms with E-state index in [1.165, 1.54) is 4.68 Å². The number of rotatable bonds is 1. The minimum atomic E-state index is 0.186. The molecule has 0 bridgehead atoms. The van der Waals surface area contributed by atoms with Crippen molar-refractivity contribution >= 4 is 5.82 Å². The van der Waals surface area contributed by atoms with Crippen molar-refractivity contribution in [3.8, 4) is 11.4 Å². The van der Waals surface area contributed by atoms with Crippen molar-refractivity contribution in [3.05, 3.63) is 36.5 Å². The third-order valence-corrected chi connectivity index (χ3v) is 1.74.